The molecule has 1 saturated heterocycles. The lowest BCUT2D eigenvalue weighted by molar-refractivity contribution is -0.138. The Balaban J connectivity index is 2.09. The van der Waals surface area contributed by atoms with Crippen LogP contribution in [0.3, 0.4) is 0 Å². The van der Waals surface area contributed by atoms with Gasteiger partial charge in [-0.05, 0) is 12.8 Å². The molecule has 1 amide bonds. The van der Waals surface area contributed by atoms with Crippen molar-refractivity contribution < 1.29 is 14.3 Å². The second-order valence-electron chi connectivity index (χ2n) is 5.16. The molecule has 0 aromatic carbocycles. The first kappa shape index (κ1) is 13.3. The van der Waals surface area contributed by atoms with Gasteiger partial charge in [-0.15, -0.1) is 0 Å². The second kappa shape index (κ2) is 5.25. The average molecular weight is 252 g/mol. The van der Waals surface area contributed by atoms with Crippen molar-refractivity contribution in [2.24, 2.45) is 5.41 Å². The van der Waals surface area contributed by atoms with Crippen molar-refractivity contribution >= 4 is 5.91 Å². The molecule has 0 N–H and O–H groups in total. The van der Waals surface area contributed by atoms with Gasteiger partial charge in [-0.1, -0.05) is 12.8 Å². The summed E-state index contributed by atoms with van der Waals surface area (Å²) in [5, 5.41) is 9.33. The molecule has 0 aromatic rings. The number of nitrogens with zero attached hydrogens (tertiary/aromatic N) is 2. The predicted molar refractivity (Wildman–Crippen MR) is 64.7 cm³/mol. The Kier molecular flexibility index (Phi) is 3.88. The predicted octanol–water partition coefficient (Wildman–Crippen LogP) is 0.943. The fraction of sp³-hybridized carbons (Fsp3) is 0.846. The van der Waals surface area contributed by atoms with E-state index < -0.39 is 5.41 Å². The second-order valence-corrected chi connectivity index (χ2v) is 5.16. The highest BCUT2D eigenvalue weighted by Crippen LogP contribution is 2.40. The quantitative estimate of drug-likeness (QED) is 0.750. The van der Waals surface area contributed by atoms with E-state index in [0.29, 0.717) is 25.9 Å². The first-order chi connectivity index (χ1) is 8.66. The Bertz CT molecular complexity index is 346. The van der Waals surface area contributed by atoms with Crippen molar-refractivity contribution in [3.8, 4) is 6.07 Å². The largest absolute Gasteiger partial charge is 0.377 e. The monoisotopic (exact) mass is 252 g/mol. The van der Waals surface area contributed by atoms with Gasteiger partial charge >= 0.3 is 0 Å². The number of amides is 1. The zero-order chi connectivity index (χ0) is 13.2. The molecule has 2 unspecified atom stereocenters. The fourth-order valence-electron chi connectivity index (χ4n) is 3.02. The maximum absolute atomic E-state index is 12.5. The van der Waals surface area contributed by atoms with Gasteiger partial charge in [0.15, 0.2) is 0 Å². The van der Waals surface area contributed by atoms with Crippen molar-refractivity contribution in [3.05, 3.63) is 0 Å². The van der Waals surface area contributed by atoms with Crippen LogP contribution in [0.4, 0.5) is 0 Å². The van der Waals surface area contributed by atoms with Crippen molar-refractivity contribution in [1.82, 2.24) is 4.90 Å². The van der Waals surface area contributed by atoms with Crippen LogP contribution in [0.5, 0.6) is 0 Å². The van der Waals surface area contributed by atoms with Crippen molar-refractivity contribution in [2.75, 3.05) is 27.3 Å². The number of likely N-dealkylation sites (tertiary alicyclic amines) is 1. The topological polar surface area (TPSA) is 62.6 Å². The molecule has 2 atom stereocenters. The standard InChI is InChI=1S/C13H20N2O3/c1-17-10-7-15(8-11(10)18-2)12(16)13(9-14)5-3-4-6-13/h10-11H,3-8H2,1-2H3. The molecule has 1 aliphatic carbocycles. The molecule has 0 radical (unpaired) electrons. The Morgan fingerprint density at radius 3 is 2.11 bits per heavy atom. The van der Waals surface area contributed by atoms with Crippen LogP contribution < -0.4 is 0 Å². The SMILES string of the molecule is COC1CN(C(=O)C2(C#N)CCCC2)CC1OC. The third-order valence-electron chi connectivity index (χ3n) is 4.19. The first-order valence-corrected chi connectivity index (χ1v) is 6.43. The third-order valence-corrected chi connectivity index (χ3v) is 4.19. The molecule has 1 aliphatic heterocycles. The number of nitriles is 1. The van der Waals surface area contributed by atoms with Crippen molar-refractivity contribution in [2.45, 2.75) is 37.9 Å². The van der Waals surface area contributed by atoms with E-state index in [1.807, 2.05) is 0 Å². The summed E-state index contributed by atoms with van der Waals surface area (Å²) in [7, 11) is 3.25. The molecule has 1 saturated carbocycles. The minimum atomic E-state index is -0.791. The third kappa shape index (κ3) is 2.11. The Hall–Kier alpha value is -1.12. The molecule has 5 heteroatoms. The smallest absolute Gasteiger partial charge is 0.243 e. The molecule has 18 heavy (non-hydrogen) atoms. The van der Waals surface area contributed by atoms with E-state index in [2.05, 4.69) is 6.07 Å². The highest BCUT2D eigenvalue weighted by Gasteiger charge is 2.47. The average Bonchev–Trinajstić information content (AvgIpc) is 3.04. The van der Waals surface area contributed by atoms with E-state index >= 15 is 0 Å². The van der Waals surface area contributed by atoms with E-state index in [9.17, 15) is 10.1 Å². The van der Waals surface area contributed by atoms with E-state index in [0.717, 1.165) is 12.8 Å². The summed E-state index contributed by atoms with van der Waals surface area (Å²) in [5.74, 6) is -0.0379. The van der Waals surface area contributed by atoms with Gasteiger partial charge in [0.2, 0.25) is 5.91 Å². The number of rotatable bonds is 3. The van der Waals surface area contributed by atoms with Crippen molar-refractivity contribution in [3.63, 3.8) is 0 Å². The molecule has 2 aliphatic rings. The highest BCUT2D eigenvalue weighted by molar-refractivity contribution is 5.86. The number of ether oxygens (including phenoxy) is 2. The highest BCUT2D eigenvalue weighted by atomic mass is 16.5. The number of hydrogen-bond acceptors (Lipinski definition) is 4. The molecule has 2 fully saturated rings. The van der Waals surface area contributed by atoms with Crippen LogP contribution in [0.2, 0.25) is 0 Å². The van der Waals surface area contributed by atoms with Crippen LogP contribution in [0, 0.1) is 16.7 Å². The normalized spacial score (nSPS) is 30.4. The summed E-state index contributed by atoms with van der Waals surface area (Å²) < 4.78 is 10.6. The molecule has 5 nitrogen and oxygen atoms in total. The van der Waals surface area contributed by atoms with E-state index in [1.54, 1.807) is 19.1 Å². The first-order valence-electron chi connectivity index (χ1n) is 6.43. The maximum atomic E-state index is 12.5. The lowest BCUT2D eigenvalue weighted by Crippen LogP contribution is -2.41. The van der Waals surface area contributed by atoms with Gasteiger partial charge in [-0.2, -0.15) is 5.26 Å². The number of hydrogen-bond donors (Lipinski definition) is 0. The van der Waals surface area contributed by atoms with E-state index in [4.69, 9.17) is 9.47 Å². The molecular weight excluding hydrogens is 232 g/mol. The molecule has 0 spiro atoms. The van der Waals surface area contributed by atoms with Gasteiger partial charge in [-0.25, -0.2) is 0 Å². The fourth-order valence-corrected chi connectivity index (χ4v) is 3.02. The summed E-state index contributed by atoms with van der Waals surface area (Å²) in [6, 6.07) is 2.25. The van der Waals surface area contributed by atoms with Gasteiger partial charge in [0.1, 0.15) is 17.6 Å². The molecule has 100 valence electrons. The maximum Gasteiger partial charge on any atom is 0.243 e. The molecular formula is C13H20N2O3. The van der Waals surface area contributed by atoms with Gasteiger partial charge in [0, 0.05) is 27.3 Å². The molecule has 0 aromatic heterocycles. The van der Waals surface area contributed by atoms with E-state index in [1.165, 1.54) is 0 Å². The minimum absolute atomic E-state index is 0.0379. The van der Waals surface area contributed by atoms with Crippen molar-refractivity contribution in [1.29, 1.82) is 5.26 Å². The molecule has 1 heterocycles. The summed E-state index contributed by atoms with van der Waals surface area (Å²) in [4.78, 5) is 14.2. The number of methoxy groups -OCH3 is 2. The number of carbonyl (C=O) groups excluding carboxylic acids is 1. The summed E-state index contributed by atoms with van der Waals surface area (Å²) in [5.41, 5.74) is -0.791. The van der Waals surface area contributed by atoms with Gasteiger partial charge in [-0.3, -0.25) is 4.79 Å². The Morgan fingerprint density at radius 2 is 1.72 bits per heavy atom. The van der Waals surface area contributed by atoms with E-state index in [-0.39, 0.29) is 18.1 Å². The Morgan fingerprint density at radius 1 is 1.22 bits per heavy atom. The zero-order valence-electron chi connectivity index (χ0n) is 11.0. The summed E-state index contributed by atoms with van der Waals surface area (Å²) in [6.07, 6.45) is 3.14. The minimum Gasteiger partial charge on any atom is -0.377 e. The van der Waals surface area contributed by atoms with Gasteiger partial charge in [0.05, 0.1) is 6.07 Å². The number of carbonyl (C=O) groups is 1. The van der Waals surface area contributed by atoms with Crippen LogP contribution in [0.25, 0.3) is 0 Å². The lowest BCUT2D eigenvalue weighted by Gasteiger charge is -2.26. The van der Waals surface area contributed by atoms with Crippen LogP contribution in [-0.2, 0) is 14.3 Å². The van der Waals surface area contributed by atoms with Crippen LogP contribution in [-0.4, -0.2) is 50.3 Å². The van der Waals surface area contributed by atoms with Crippen LogP contribution >= 0.6 is 0 Å². The Labute approximate surface area is 108 Å². The van der Waals surface area contributed by atoms with Gasteiger partial charge < -0.3 is 14.4 Å². The summed E-state index contributed by atoms with van der Waals surface area (Å²) >= 11 is 0. The zero-order valence-corrected chi connectivity index (χ0v) is 11.0. The lowest BCUT2D eigenvalue weighted by atomic mass is 9.86. The van der Waals surface area contributed by atoms with Crippen LogP contribution in [0.15, 0.2) is 0 Å². The summed E-state index contributed by atoms with van der Waals surface area (Å²) in [6.45, 7) is 1.05. The molecule has 0 bridgehead atoms. The van der Waals surface area contributed by atoms with Gasteiger partial charge in [0.25, 0.3) is 0 Å². The molecule has 2 rings (SSSR count). The van der Waals surface area contributed by atoms with Crippen LogP contribution in [0.1, 0.15) is 25.7 Å².